The molecule has 128 valence electrons. The molecule has 0 saturated heterocycles. The highest BCUT2D eigenvalue weighted by molar-refractivity contribution is 7.09. The number of rotatable bonds is 5. The van der Waals surface area contributed by atoms with Gasteiger partial charge in [0.25, 0.3) is 11.5 Å². The van der Waals surface area contributed by atoms with Gasteiger partial charge in [0, 0.05) is 28.6 Å². The number of aryl methyl sites for hydroxylation is 1. The van der Waals surface area contributed by atoms with Crippen molar-refractivity contribution in [3.8, 4) is 11.3 Å². The summed E-state index contributed by atoms with van der Waals surface area (Å²) in [5, 5.41) is 10.3. The van der Waals surface area contributed by atoms with E-state index in [1.807, 2.05) is 19.1 Å². The standard InChI is InChI=1S/C17H15ClN4O2S/c1-11-20-15(10-25-11)17(24)19-8-9-22-16(23)7-6-14(21-22)12-2-4-13(18)5-3-12/h2-7,10H,8-9H2,1H3,(H,19,24). The summed E-state index contributed by atoms with van der Waals surface area (Å²) in [5.74, 6) is -0.258. The Morgan fingerprint density at radius 1 is 1.24 bits per heavy atom. The molecule has 0 saturated carbocycles. The van der Waals surface area contributed by atoms with Gasteiger partial charge in [-0.3, -0.25) is 9.59 Å². The molecule has 6 nitrogen and oxygen atoms in total. The zero-order chi connectivity index (χ0) is 17.8. The van der Waals surface area contributed by atoms with Gasteiger partial charge in [0.15, 0.2) is 0 Å². The van der Waals surface area contributed by atoms with Crippen LogP contribution >= 0.6 is 22.9 Å². The predicted molar refractivity (Wildman–Crippen MR) is 98.1 cm³/mol. The van der Waals surface area contributed by atoms with Crippen molar-refractivity contribution < 1.29 is 4.79 Å². The van der Waals surface area contributed by atoms with Gasteiger partial charge >= 0.3 is 0 Å². The average Bonchev–Trinajstić information content (AvgIpc) is 3.04. The monoisotopic (exact) mass is 374 g/mol. The van der Waals surface area contributed by atoms with Crippen molar-refractivity contribution in [3.63, 3.8) is 0 Å². The highest BCUT2D eigenvalue weighted by Crippen LogP contribution is 2.18. The molecule has 1 N–H and O–H groups in total. The lowest BCUT2D eigenvalue weighted by Gasteiger charge is -2.08. The molecule has 2 aromatic heterocycles. The molecular weight excluding hydrogens is 360 g/mol. The Bertz CT molecular complexity index is 950. The van der Waals surface area contributed by atoms with Crippen LogP contribution in [-0.4, -0.2) is 27.2 Å². The minimum atomic E-state index is -0.258. The van der Waals surface area contributed by atoms with Crippen LogP contribution in [0.15, 0.2) is 46.6 Å². The smallest absolute Gasteiger partial charge is 0.270 e. The summed E-state index contributed by atoms with van der Waals surface area (Å²) in [7, 11) is 0. The number of carbonyl (C=O) groups is 1. The number of halogens is 1. The highest BCUT2D eigenvalue weighted by atomic mass is 35.5. The molecule has 3 rings (SSSR count). The Labute approximate surface area is 153 Å². The second kappa shape index (κ2) is 7.58. The molecule has 0 aliphatic carbocycles. The average molecular weight is 375 g/mol. The van der Waals surface area contributed by atoms with Crippen LogP contribution in [0.3, 0.4) is 0 Å². The summed E-state index contributed by atoms with van der Waals surface area (Å²) in [6, 6.07) is 10.3. The van der Waals surface area contributed by atoms with Crippen LogP contribution in [-0.2, 0) is 6.54 Å². The van der Waals surface area contributed by atoms with Gasteiger partial charge in [-0.1, -0.05) is 23.7 Å². The first kappa shape index (κ1) is 17.3. The van der Waals surface area contributed by atoms with Gasteiger partial charge in [-0.25, -0.2) is 9.67 Å². The molecular formula is C17H15ClN4O2S. The van der Waals surface area contributed by atoms with E-state index in [1.165, 1.54) is 22.1 Å². The number of nitrogens with one attached hydrogen (secondary N) is 1. The predicted octanol–water partition coefficient (Wildman–Crippen LogP) is 2.76. The van der Waals surface area contributed by atoms with E-state index < -0.39 is 0 Å². The second-order valence-corrected chi connectivity index (χ2v) is 6.79. The van der Waals surface area contributed by atoms with Gasteiger partial charge in [0.05, 0.1) is 17.2 Å². The Balaban J connectivity index is 1.68. The van der Waals surface area contributed by atoms with Gasteiger partial charge < -0.3 is 5.32 Å². The summed E-state index contributed by atoms with van der Waals surface area (Å²) in [6.45, 7) is 2.40. The van der Waals surface area contributed by atoms with E-state index in [-0.39, 0.29) is 24.6 Å². The Hall–Kier alpha value is -2.51. The van der Waals surface area contributed by atoms with Gasteiger partial charge in [-0.15, -0.1) is 11.3 Å². The SMILES string of the molecule is Cc1nc(C(=O)NCCn2nc(-c3ccc(Cl)cc3)ccc2=O)cs1. The number of hydrogen-bond acceptors (Lipinski definition) is 5. The number of hydrogen-bond donors (Lipinski definition) is 1. The summed E-state index contributed by atoms with van der Waals surface area (Å²) >= 11 is 7.30. The van der Waals surface area contributed by atoms with Crippen LogP contribution in [0, 0.1) is 6.92 Å². The van der Waals surface area contributed by atoms with E-state index in [4.69, 9.17) is 11.6 Å². The summed E-state index contributed by atoms with van der Waals surface area (Å²) in [6.07, 6.45) is 0. The Kier molecular flexibility index (Phi) is 5.25. The van der Waals surface area contributed by atoms with Gasteiger partial charge in [0.1, 0.15) is 5.69 Å². The summed E-state index contributed by atoms with van der Waals surface area (Å²) < 4.78 is 1.33. The quantitative estimate of drug-likeness (QED) is 0.745. The third-order valence-corrected chi connectivity index (χ3v) is 4.49. The van der Waals surface area contributed by atoms with Crippen LogP contribution in [0.25, 0.3) is 11.3 Å². The molecule has 0 atom stereocenters. The maximum absolute atomic E-state index is 12.0. The molecule has 8 heteroatoms. The zero-order valence-corrected chi connectivity index (χ0v) is 15.0. The van der Waals surface area contributed by atoms with Gasteiger partial charge in [0.2, 0.25) is 0 Å². The van der Waals surface area contributed by atoms with Crippen LogP contribution in [0.5, 0.6) is 0 Å². The first-order valence-electron chi connectivity index (χ1n) is 7.57. The van der Waals surface area contributed by atoms with E-state index in [0.717, 1.165) is 10.6 Å². The molecule has 25 heavy (non-hydrogen) atoms. The van der Waals surface area contributed by atoms with Crippen LogP contribution < -0.4 is 10.9 Å². The molecule has 0 radical (unpaired) electrons. The van der Waals surface area contributed by atoms with Crippen molar-refractivity contribution in [1.29, 1.82) is 0 Å². The van der Waals surface area contributed by atoms with Crippen LogP contribution in [0.1, 0.15) is 15.5 Å². The maximum Gasteiger partial charge on any atom is 0.270 e. The minimum absolute atomic E-state index is 0.225. The molecule has 3 aromatic rings. The molecule has 0 aliphatic heterocycles. The number of carbonyl (C=O) groups excluding carboxylic acids is 1. The van der Waals surface area contributed by atoms with Crippen LogP contribution in [0.2, 0.25) is 5.02 Å². The minimum Gasteiger partial charge on any atom is -0.349 e. The fourth-order valence-corrected chi connectivity index (χ4v) is 2.94. The molecule has 0 unspecified atom stereocenters. The molecule has 0 fully saturated rings. The van der Waals surface area contributed by atoms with Gasteiger partial charge in [-0.05, 0) is 25.1 Å². The van der Waals surface area contributed by atoms with E-state index in [9.17, 15) is 9.59 Å². The lowest BCUT2D eigenvalue weighted by molar-refractivity contribution is 0.0947. The first-order valence-corrected chi connectivity index (χ1v) is 8.83. The largest absolute Gasteiger partial charge is 0.349 e. The van der Waals surface area contributed by atoms with E-state index >= 15 is 0 Å². The normalized spacial score (nSPS) is 10.6. The molecule has 0 aliphatic rings. The Morgan fingerprint density at radius 2 is 2.00 bits per heavy atom. The van der Waals surface area contributed by atoms with Crippen molar-refractivity contribution in [3.05, 3.63) is 67.9 Å². The zero-order valence-electron chi connectivity index (χ0n) is 13.4. The molecule has 1 amide bonds. The van der Waals surface area contributed by atoms with Crippen molar-refractivity contribution in [2.24, 2.45) is 0 Å². The number of benzene rings is 1. The molecule has 2 heterocycles. The van der Waals surface area contributed by atoms with Crippen molar-refractivity contribution in [2.75, 3.05) is 6.54 Å². The second-order valence-electron chi connectivity index (χ2n) is 5.29. The third kappa shape index (κ3) is 4.32. The Morgan fingerprint density at radius 3 is 2.68 bits per heavy atom. The van der Waals surface area contributed by atoms with Gasteiger partial charge in [-0.2, -0.15) is 5.10 Å². The number of thiazole rings is 1. The first-order chi connectivity index (χ1) is 12.0. The summed E-state index contributed by atoms with van der Waals surface area (Å²) in [5.41, 5.74) is 1.69. The number of amides is 1. The number of nitrogens with zero attached hydrogens (tertiary/aromatic N) is 3. The molecule has 1 aromatic carbocycles. The van der Waals surface area contributed by atoms with Crippen molar-refractivity contribution >= 4 is 28.8 Å². The fraction of sp³-hybridized carbons (Fsp3) is 0.176. The lowest BCUT2D eigenvalue weighted by Crippen LogP contribution is -2.32. The van der Waals surface area contributed by atoms with Crippen molar-refractivity contribution in [1.82, 2.24) is 20.1 Å². The number of aromatic nitrogens is 3. The van der Waals surface area contributed by atoms with E-state index in [2.05, 4.69) is 15.4 Å². The lowest BCUT2D eigenvalue weighted by atomic mass is 10.1. The highest BCUT2D eigenvalue weighted by Gasteiger charge is 2.09. The van der Waals surface area contributed by atoms with E-state index in [1.54, 1.807) is 23.6 Å². The van der Waals surface area contributed by atoms with Crippen molar-refractivity contribution in [2.45, 2.75) is 13.5 Å². The topological polar surface area (TPSA) is 76.9 Å². The molecule has 0 bridgehead atoms. The fourth-order valence-electron chi connectivity index (χ4n) is 2.22. The third-order valence-electron chi connectivity index (χ3n) is 3.47. The maximum atomic E-state index is 12.0. The van der Waals surface area contributed by atoms with Crippen LogP contribution in [0.4, 0.5) is 0 Å². The van der Waals surface area contributed by atoms with E-state index in [0.29, 0.717) is 16.4 Å². The molecule has 0 spiro atoms. The summed E-state index contributed by atoms with van der Waals surface area (Å²) in [4.78, 5) is 28.1.